The number of benzene rings is 2. The van der Waals surface area contributed by atoms with E-state index in [9.17, 15) is 0 Å². The Hall–Kier alpha value is -2.46. The van der Waals surface area contributed by atoms with Gasteiger partial charge in [-0.3, -0.25) is 10.1 Å². The van der Waals surface area contributed by atoms with Crippen LogP contribution in [0.2, 0.25) is 0 Å². The smallest absolute Gasteiger partial charge is 0.191 e. The van der Waals surface area contributed by atoms with Gasteiger partial charge in [0.2, 0.25) is 0 Å². The zero-order valence-corrected chi connectivity index (χ0v) is 18.1. The molecule has 0 radical (unpaired) electrons. The summed E-state index contributed by atoms with van der Waals surface area (Å²) >= 11 is 0. The van der Waals surface area contributed by atoms with Gasteiger partial charge in [-0.15, -0.1) is 24.0 Å². The van der Waals surface area contributed by atoms with Gasteiger partial charge in [-0.05, 0) is 17.2 Å². The lowest BCUT2D eigenvalue weighted by Gasteiger charge is -2.12. The van der Waals surface area contributed by atoms with Crippen LogP contribution in [0.3, 0.4) is 0 Å². The van der Waals surface area contributed by atoms with Crippen LogP contribution in [-0.4, -0.2) is 41.3 Å². The number of aromatic amines is 1. The van der Waals surface area contributed by atoms with Crippen molar-refractivity contribution >= 4 is 29.9 Å². The highest BCUT2D eigenvalue weighted by atomic mass is 127. The summed E-state index contributed by atoms with van der Waals surface area (Å²) in [5, 5.41) is 13.3. The molecule has 0 spiro atoms. The van der Waals surface area contributed by atoms with Crippen molar-refractivity contribution in [2.75, 3.05) is 20.2 Å². The first-order valence-electron chi connectivity index (χ1n) is 8.86. The highest BCUT2D eigenvalue weighted by Gasteiger charge is 2.03. The van der Waals surface area contributed by atoms with E-state index < -0.39 is 0 Å². The monoisotopic (exact) mass is 492 g/mol. The van der Waals surface area contributed by atoms with Crippen molar-refractivity contribution in [2.24, 2.45) is 4.99 Å². The lowest BCUT2D eigenvalue weighted by atomic mass is 10.1. The van der Waals surface area contributed by atoms with Gasteiger partial charge in [0.15, 0.2) is 11.8 Å². The van der Waals surface area contributed by atoms with Crippen LogP contribution in [0.4, 0.5) is 0 Å². The third-order valence-corrected chi connectivity index (χ3v) is 3.95. The average molecular weight is 492 g/mol. The van der Waals surface area contributed by atoms with Crippen LogP contribution < -0.4 is 10.6 Å². The fourth-order valence-electron chi connectivity index (χ4n) is 2.59. The van der Waals surface area contributed by atoms with Crippen molar-refractivity contribution in [1.29, 1.82) is 0 Å². The molecule has 0 fully saturated rings. The Morgan fingerprint density at radius 3 is 2.64 bits per heavy atom. The summed E-state index contributed by atoms with van der Waals surface area (Å²) in [5.74, 6) is 1.50. The van der Waals surface area contributed by atoms with Crippen LogP contribution in [-0.2, 0) is 17.9 Å². The minimum Gasteiger partial charge on any atom is -0.375 e. The number of aliphatic imine (C=N–C) groups is 1. The Morgan fingerprint density at radius 2 is 1.89 bits per heavy atom. The number of nitrogens with one attached hydrogen (secondary N) is 3. The van der Waals surface area contributed by atoms with Crippen molar-refractivity contribution < 1.29 is 4.74 Å². The third-order valence-electron chi connectivity index (χ3n) is 3.95. The molecular formula is C20H25IN6O. The van der Waals surface area contributed by atoms with E-state index in [1.165, 1.54) is 11.9 Å². The first kappa shape index (κ1) is 21.8. The molecule has 7 nitrogen and oxygen atoms in total. The number of aromatic nitrogens is 3. The molecule has 0 saturated heterocycles. The molecule has 0 amide bonds. The Kier molecular flexibility index (Phi) is 9.43. The van der Waals surface area contributed by atoms with Gasteiger partial charge in [0, 0.05) is 25.7 Å². The van der Waals surface area contributed by atoms with E-state index in [4.69, 9.17) is 4.74 Å². The van der Waals surface area contributed by atoms with Crippen molar-refractivity contribution in [3.8, 4) is 11.4 Å². The second-order valence-electron chi connectivity index (χ2n) is 5.93. The van der Waals surface area contributed by atoms with Crippen molar-refractivity contribution in [1.82, 2.24) is 25.8 Å². The molecule has 8 heteroatoms. The molecule has 0 bridgehead atoms. The summed E-state index contributed by atoms with van der Waals surface area (Å²) in [4.78, 5) is 8.42. The minimum absolute atomic E-state index is 0. The molecule has 0 aliphatic heterocycles. The fraction of sp³-hybridized carbons (Fsp3) is 0.250. The molecule has 3 rings (SSSR count). The molecule has 28 heavy (non-hydrogen) atoms. The number of guanidine groups is 1. The van der Waals surface area contributed by atoms with Crippen LogP contribution in [0.5, 0.6) is 0 Å². The van der Waals surface area contributed by atoms with E-state index in [1.54, 1.807) is 7.05 Å². The zero-order valence-electron chi connectivity index (χ0n) is 15.8. The number of H-pyrrole nitrogens is 1. The summed E-state index contributed by atoms with van der Waals surface area (Å²) in [5.41, 5.74) is 3.31. The van der Waals surface area contributed by atoms with E-state index in [2.05, 4.69) is 55.1 Å². The van der Waals surface area contributed by atoms with Crippen molar-refractivity contribution in [2.45, 2.75) is 13.2 Å². The van der Waals surface area contributed by atoms with Crippen LogP contribution in [0, 0.1) is 0 Å². The fourth-order valence-corrected chi connectivity index (χ4v) is 2.59. The largest absolute Gasteiger partial charge is 0.375 e. The molecule has 0 saturated carbocycles. The predicted molar refractivity (Wildman–Crippen MR) is 122 cm³/mol. The molecule has 0 aliphatic rings. The van der Waals surface area contributed by atoms with E-state index in [-0.39, 0.29) is 24.0 Å². The van der Waals surface area contributed by atoms with Gasteiger partial charge in [-0.1, -0.05) is 48.5 Å². The lowest BCUT2D eigenvalue weighted by molar-refractivity contribution is 0.125. The van der Waals surface area contributed by atoms with Crippen LogP contribution in [0.1, 0.15) is 11.1 Å². The van der Waals surface area contributed by atoms with Crippen LogP contribution >= 0.6 is 24.0 Å². The quantitative estimate of drug-likeness (QED) is 0.195. The Morgan fingerprint density at radius 1 is 1.07 bits per heavy atom. The number of rotatable bonds is 8. The number of nitrogens with zero attached hydrogens (tertiary/aromatic N) is 3. The summed E-state index contributed by atoms with van der Waals surface area (Å²) < 4.78 is 5.67. The van der Waals surface area contributed by atoms with E-state index in [0.717, 1.165) is 22.9 Å². The predicted octanol–water partition coefficient (Wildman–Crippen LogP) is 2.97. The Balaban J connectivity index is 0.00000280. The first-order valence-corrected chi connectivity index (χ1v) is 8.86. The van der Waals surface area contributed by atoms with Gasteiger partial charge >= 0.3 is 0 Å². The maximum absolute atomic E-state index is 5.67. The number of hydrogen-bond donors (Lipinski definition) is 3. The number of halogens is 1. The molecule has 0 atom stereocenters. The molecule has 3 aromatic rings. The topological polar surface area (TPSA) is 87.2 Å². The lowest BCUT2D eigenvalue weighted by Crippen LogP contribution is -2.38. The molecule has 1 heterocycles. The first-order chi connectivity index (χ1) is 13.3. The van der Waals surface area contributed by atoms with Crippen molar-refractivity contribution in [3.05, 3.63) is 72.1 Å². The van der Waals surface area contributed by atoms with Gasteiger partial charge in [0.25, 0.3) is 0 Å². The maximum Gasteiger partial charge on any atom is 0.191 e. The molecule has 0 aliphatic carbocycles. The van der Waals surface area contributed by atoms with Gasteiger partial charge in [0.1, 0.15) is 6.33 Å². The summed E-state index contributed by atoms with van der Waals surface area (Å²) in [6, 6.07) is 18.3. The third kappa shape index (κ3) is 6.93. The molecule has 3 N–H and O–H groups in total. The second-order valence-corrected chi connectivity index (χ2v) is 5.93. The zero-order chi connectivity index (χ0) is 18.7. The van der Waals surface area contributed by atoms with Crippen LogP contribution in [0.25, 0.3) is 11.4 Å². The normalized spacial score (nSPS) is 11.0. The van der Waals surface area contributed by atoms with Crippen LogP contribution in [0.15, 0.2) is 65.9 Å². The Bertz CT molecular complexity index is 839. The second kappa shape index (κ2) is 12.1. The highest BCUT2D eigenvalue weighted by Crippen LogP contribution is 2.15. The minimum atomic E-state index is 0. The number of ether oxygens (including phenoxy) is 1. The summed E-state index contributed by atoms with van der Waals surface area (Å²) in [7, 11) is 1.76. The maximum atomic E-state index is 5.67. The molecule has 1 aromatic heterocycles. The van der Waals surface area contributed by atoms with E-state index in [0.29, 0.717) is 26.3 Å². The van der Waals surface area contributed by atoms with E-state index >= 15 is 0 Å². The average Bonchev–Trinajstić information content (AvgIpc) is 3.26. The molecule has 148 valence electrons. The van der Waals surface area contributed by atoms with E-state index in [1.807, 2.05) is 30.3 Å². The standard InChI is InChI=1S/C20H24N6O.HI/c1-21-20(22-10-11-27-14-16-6-3-2-4-7-16)23-13-17-8-5-9-18(12-17)19-24-15-25-26-19;/h2-9,12,15H,10-11,13-14H2,1H3,(H2,21,22,23)(H,24,25,26);1H. The molecule has 2 aromatic carbocycles. The summed E-state index contributed by atoms with van der Waals surface area (Å²) in [6.45, 7) is 2.57. The van der Waals surface area contributed by atoms with Gasteiger partial charge in [0.05, 0.1) is 13.2 Å². The van der Waals surface area contributed by atoms with Gasteiger partial charge in [-0.25, -0.2) is 4.98 Å². The molecule has 0 unspecified atom stereocenters. The van der Waals surface area contributed by atoms with Gasteiger partial charge in [-0.2, -0.15) is 5.10 Å². The summed E-state index contributed by atoms with van der Waals surface area (Å²) in [6.07, 6.45) is 1.51. The Labute approximate surface area is 182 Å². The molecular weight excluding hydrogens is 467 g/mol. The highest BCUT2D eigenvalue weighted by molar-refractivity contribution is 14.0. The van der Waals surface area contributed by atoms with Crippen molar-refractivity contribution in [3.63, 3.8) is 0 Å². The number of hydrogen-bond acceptors (Lipinski definition) is 4. The SMILES string of the molecule is CN=C(NCCOCc1ccccc1)NCc1cccc(-c2ncn[nH]2)c1.I. The van der Waals surface area contributed by atoms with Gasteiger partial charge < -0.3 is 15.4 Å².